The molecule has 6 heteroatoms. The molecule has 1 aliphatic rings. The van der Waals surface area contributed by atoms with Crippen LogP contribution in [0.15, 0.2) is 24.5 Å². The van der Waals surface area contributed by atoms with Crippen molar-refractivity contribution in [3.8, 4) is 0 Å². The Hall–Kier alpha value is -2.37. The molecule has 21 heavy (non-hydrogen) atoms. The normalized spacial score (nSPS) is 14.3. The maximum absolute atomic E-state index is 11.6. The van der Waals surface area contributed by atoms with Crippen molar-refractivity contribution >= 4 is 22.9 Å². The van der Waals surface area contributed by atoms with E-state index in [2.05, 4.69) is 10.3 Å². The van der Waals surface area contributed by atoms with E-state index in [1.165, 1.54) is 0 Å². The zero-order chi connectivity index (χ0) is 14.8. The number of carbonyl (C=O) groups excluding carboxylic acids is 1. The van der Waals surface area contributed by atoms with Crippen molar-refractivity contribution in [1.29, 1.82) is 0 Å². The minimum absolute atomic E-state index is 0.0698. The summed E-state index contributed by atoms with van der Waals surface area (Å²) >= 11 is 0. The molecule has 0 saturated heterocycles. The number of aryl methyl sites for hydroxylation is 1. The summed E-state index contributed by atoms with van der Waals surface area (Å²) in [6, 6.07) is 5.43. The van der Waals surface area contributed by atoms with Gasteiger partial charge in [0.2, 0.25) is 5.91 Å². The number of hydrogen-bond acceptors (Lipinski definition) is 3. The van der Waals surface area contributed by atoms with Gasteiger partial charge in [-0.2, -0.15) is 0 Å². The van der Waals surface area contributed by atoms with Crippen LogP contribution in [0.1, 0.15) is 36.0 Å². The third-order valence-electron chi connectivity index (χ3n) is 3.61. The number of amides is 1. The fourth-order valence-corrected chi connectivity index (χ4v) is 2.41. The molecule has 0 unspecified atom stereocenters. The largest absolute Gasteiger partial charge is 0.478 e. The molecule has 1 saturated carbocycles. The minimum Gasteiger partial charge on any atom is -0.478 e. The molecule has 0 atom stereocenters. The van der Waals surface area contributed by atoms with Gasteiger partial charge in [0, 0.05) is 19.0 Å². The van der Waals surface area contributed by atoms with Crippen molar-refractivity contribution in [3.05, 3.63) is 30.1 Å². The maximum Gasteiger partial charge on any atom is 0.337 e. The number of nitrogens with one attached hydrogen (secondary N) is 1. The molecule has 0 bridgehead atoms. The molecule has 1 aliphatic carbocycles. The number of aromatic nitrogens is 2. The second-order valence-corrected chi connectivity index (χ2v) is 5.36. The lowest BCUT2D eigenvalue weighted by atomic mass is 10.2. The van der Waals surface area contributed by atoms with E-state index in [9.17, 15) is 14.7 Å². The summed E-state index contributed by atoms with van der Waals surface area (Å²) in [7, 11) is 0. The van der Waals surface area contributed by atoms with E-state index in [-0.39, 0.29) is 11.5 Å². The molecule has 1 fully saturated rings. The molecule has 110 valence electrons. The van der Waals surface area contributed by atoms with Crippen LogP contribution in [0.4, 0.5) is 0 Å². The average Bonchev–Trinajstić information content (AvgIpc) is 3.17. The standard InChI is InChI=1S/C15H17N3O3/c19-13(17-10-6-7-10)5-2-8-18-9-16-12-4-1-3-11(14(12)18)15(20)21/h1,3-4,9-10H,2,5-8H2,(H,17,19)(H,20,21). The van der Waals surface area contributed by atoms with Crippen LogP contribution >= 0.6 is 0 Å². The Balaban J connectivity index is 1.68. The van der Waals surface area contributed by atoms with Crippen LogP contribution in [0, 0.1) is 0 Å². The number of fused-ring (bicyclic) bond motifs is 1. The molecule has 1 heterocycles. The Bertz CT molecular complexity index is 689. The van der Waals surface area contributed by atoms with Crippen LogP contribution in [0.2, 0.25) is 0 Å². The summed E-state index contributed by atoms with van der Waals surface area (Å²) in [5, 5.41) is 12.2. The van der Waals surface area contributed by atoms with Gasteiger partial charge in [-0.1, -0.05) is 6.07 Å². The van der Waals surface area contributed by atoms with E-state index in [1.54, 1.807) is 24.5 Å². The van der Waals surface area contributed by atoms with E-state index in [0.717, 1.165) is 12.8 Å². The Morgan fingerprint density at radius 1 is 1.38 bits per heavy atom. The smallest absolute Gasteiger partial charge is 0.337 e. The second-order valence-electron chi connectivity index (χ2n) is 5.36. The first kappa shape index (κ1) is 13.6. The summed E-state index contributed by atoms with van der Waals surface area (Å²) in [4.78, 5) is 27.1. The third kappa shape index (κ3) is 3.04. The number of hydrogen-bond donors (Lipinski definition) is 2. The zero-order valence-electron chi connectivity index (χ0n) is 11.6. The number of carboxylic acid groups (broad SMARTS) is 1. The molecule has 6 nitrogen and oxygen atoms in total. The van der Waals surface area contributed by atoms with Crippen LogP contribution in [-0.2, 0) is 11.3 Å². The SMILES string of the molecule is O=C(CCCn1cnc2cccc(C(=O)O)c21)NC1CC1. The number of nitrogens with zero attached hydrogens (tertiary/aromatic N) is 2. The van der Waals surface area contributed by atoms with Gasteiger partial charge in [-0.3, -0.25) is 4.79 Å². The lowest BCUT2D eigenvalue weighted by Gasteiger charge is -2.07. The topological polar surface area (TPSA) is 84.2 Å². The molecule has 2 N–H and O–H groups in total. The molecule has 2 aromatic rings. The van der Waals surface area contributed by atoms with Crippen molar-refractivity contribution in [2.24, 2.45) is 0 Å². The highest BCUT2D eigenvalue weighted by Gasteiger charge is 2.22. The van der Waals surface area contributed by atoms with Crippen LogP contribution in [0.3, 0.4) is 0 Å². The number of rotatable bonds is 6. The lowest BCUT2D eigenvalue weighted by Crippen LogP contribution is -2.25. The summed E-state index contributed by atoms with van der Waals surface area (Å²) < 4.78 is 1.81. The predicted octanol–water partition coefficient (Wildman–Crippen LogP) is 1.79. The van der Waals surface area contributed by atoms with Crippen LogP contribution in [0.5, 0.6) is 0 Å². The number of carbonyl (C=O) groups is 2. The number of carboxylic acids is 1. The Kier molecular flexibility index (Phi) is 3.60. The van der Waals surface area contributed by atoms with Crippen molar-refractivity contribution < 1.29 is 14.7 Å². The van der Waals surface area contributed by atoms with Crippen molar-refractivity contribution in [3.63, 3.8) is 0 Å². The fraction of sp³-hybridized carbons (Fsp3) is 0.400. The molecule has 1 aromatic heterocycles. The molecular weight excluding hydrogens is 270 g/mol. The van der Waals surface area contributed by atoms with E-state index in [1.807, 2.05) is 4.57 Å². The van der Waals surface area contributed by atoms with Crippen molar-refractivity contribution in [2.45, 2.75) is 38.3 Å². The monoisotopic (exact) mass is 287 g/mol. The highest BCUT2D eigenvalue weighted by atomic mass is 16.4. The van der Waals surface area contributed by atoms with Gasteiger partial charge in [-0.15, -0.1) is 0 Å². The summed E-state index contributed by atoms with van der Waals surface area (Å²) in [6.07, 6.45) is 4.92. The Morgan fingerprint density at radius 2 is 2.19 bits per heavy atom. The van der Waals surface area contributed by atoms with E-state index < -0.39 is 5.97 Å². The average molecular weight is 287 g/mol. The van der Waals surface area contributed by atoms with E-state index in [4.69, 9.17) is 0 Å². The van der Waals surface area contributed by atoms with Gasteiger partial charge in [0.25, 0.3) is 0 Å². The van der Waals surface area contributed by atoms with Gasteiger partial charge in [-0.05, 0) is 31.4 Å². The first-order chi connectivity index (χ1) is 10.1. The Labute approximate surface area is 121 Å². The highest BCUT2D eigenvalue weighted by molar-refractivity contribution is 6.01. The molecular formula is C15H17N3O3. The van der Waals surface area contributed by atoms with Gasteiger partial charge in [0.15, 0.2) is 0 Å². The van der Waals surface area contributed by atoms with Crippen LogP contribution in [-0.4, -0.2) is 32.6 Å². The lowest BCUT2D eigenvalue weighted by molar-refractivity contribution is -0.121. The summed E-state index contributed by atoms with van der Waals surface area (Å²) in [5.74, 6) is -0.894. The molecule has 0 aliphatic heterocycles. The number of benzene rings is 1. The third-order valence-corrected chi connectivity index (χ3v) is 3.61. The summed E-state index contributed by atoms with van der Waals surface area (Å²) in [5.41, 5.74) is 1.53. The predicted molar refractivity (Wildman–Crippen MR) is 77.1 cm³/mol. The zero-order valence-corrected chi connectivity index (χ0v) is 11.6. The quantitative estimate of drug-likeness (QED) is 0.848. The van der Waals surface area contributed by atoms with Gasteiger partial charge in [0.05, 0.1) is 22.9 Å². The van der Waals surface area contributed by atoms with Crippen molar-refractivity contribution in [2.75, 3.05) is 0 Å². The van der Waals surface area contributed by atoms with Crippen LogP contribution < -0.4 is 5.32 Å². The highest BCUT2D eigenvalue weighted by Crippen LogP contribution is 2.20. The van der Waals surface area contributed by atoms with E-state index in [0.29, 0.717) is 36.5 Å². The number of para-hydroxylation sites is 1. The van der Waals surface area contributed by atoms with Gasteiger partial charge >= 0.3 is 5.97 Å². The molecule has 1 aromatic carbocycles. The van der Waals surface area contributed by atoms with E-state index >= 15 is 0 Å². The fourth-order valence-electron chi connectivity index (χ4n) is 2.41. The van der Waals surface area contributed by atoms with Crippen molar-refractivity contribution in [1.82, 2.24) is 14.9 Å². The summed E-state index contributed by atoms with van der Waals surface area (Å²) in [6.45, 7) is 0.582. The van der Waals surface area contributed by atoms with Gasteiger partial charge < -0.3 is 15.0 Å². The first-order valence-corrected chi connectivity index (χ1v) is 7.11. The first-order valence-electron chi connectivity index (χ1n) is 7.11. The molecule has 1 amide bonds. The minimum atomic E-state index is -0.964. The maximum atomic E-state index is 11.6. The number of aromatic carboxylic acids is 1. The number of imidazole rings is 1. The van der Waals surface area contributed by atoms with Gasteiger partial charge in [-0.25, -0.2) is 9.78 Å². The molecule has 3 rings (SSSR count). The Morgan fingerprint density at radius 3 is 2.90 bits per heavy atom. The molecule has 0 spiro atoms. The van der Waals surface area contributed by atoms with Crippen LogP contribution in [0.25, 0.3) is 11.0 Å². The van der Waals surface area contributed by atoms with Gasteiger partial charge in [0.1, 0.15) is 0 Å². The second kappa shape index (κ2) is 5.55. The molecule has 0 radical (unpaired) electrons.